The number of benzene rings is 4. The van der Waals surface area contributed by atoms with Crippen molar-refractivity contribution in [2.24, 2.45) is 0 Å². The number of imidazole rings is 1. The van der Waals surface area contributed by atoms with Crippen LogP contribution < -0.4 is 5.19 Å². The predicted octanol–water partition coefficient (Wildman–Crippen LogP) is 7.67. The van der Waals surface area contributed by atoms with Crippen molar-refractivity contribution in [1.29, 1.82) is 0 Å². The monoisotopic (exact) mass is 781 g/mol. The van der Waals surface area contributed by atoms with Gasteiger partial charge in [-0.25, -0.2) is 4.98 Å². The van der Waals surface area contributed by atoms with Crippen LogP contribution in [0.2, 0.25) is 19.6 Å². The van der Waals surface area contributed by atoms with Crippen LogP contribution >= 0.6 is 0 Å². The van der Waals surface area contributed by atoms with Crippen molar-refractivity contribution < 1.29 is 24.5 Å². The van der Waals surface area contributed by atoms with Gasteiger partial charge in [-0.05, 0) is 30.0 Å². The van der Waals surface area contributed by atoms with Gasteiger partial charge in [-0.15, -0.1) is 64.3 Å². The van der Waals surface area contributed by atoms with Crippen molar-refractivity contribution in [3.63, 3.8) is 0 Å². The standard InChI is InChI=1S/C25H20N5OSi.C11H8N.Ir/c1-32(2,3)17-12-13-18-19-10-7-11-20(22(19)31-21(18)14-17)24-28-23-25(29-27-15-26-23)30(24)16-8-5-4-6-9-16;1-2-6-10(7-3-1)11-8-4-5-9-12-11;/h4-10,12-15H,1-3H3;1-6,8-9H;/q2*-1;. The van der Waals surface area contributed by atoms with Crippen molar-refractivity contribution in [2.75, 3.05) is 0 Å². The largest absolute Gasteiger partial charge is 0.501 e. The zero-order valence-electron chi connectivity index (χ0n) is 24.9. The zero-order valence-corrected chi connectivity index (χ0v) is 28.3. The predicted molar refractivity (Wildman–Crippen MR) is 177 cm³/mol. The zero-order chi connectivity index (χ0) is 30.1. The third-order valence-corrected chi connectivity index (χ3v) is 9.45. The molecule has 0 aliphatic carbocycles. The maximum absolute atomic E-state index is 6.44. The molecule has 0 fully saturated rings. The molecule has 0 bridgehead atoms. The Kier molecular flexibility index (Phi) is 8.49. The van der Waals surface area contributed by atoms with Crippen molar-refractivity contribution >= 4 is 46.5 Å². The van der Waals surface area contributed by atoms with Gasteiger partial charge in [-0.2, -0.15) is 0 Å². The SMILES string of the molecule is C[Si](C)(C)c1ccc2c(c1)oc1c(-c3nc4ncnnc4n3-c3ccccc3)[c-]ccc12.[Ir].[c-]1ccccc1-c1ccccn1. The van der Waals surface area contributed by atoms with Gasteiger partial charge in [0.1, 0.15) is 11.9 Å². The van der Waals surface area contributed by atoms with Gasteiger partial charge in [0.2, 0.25) is 0 Å². The molecule has 45 heavy (non-hydrogen) atoms. The number of hydrogen-bond acceptors (Lipinski definition) is 6. The fourth-order valence-corrected chi connectivity index (χ4v) is 6.32. The molecule has 4 aromatic carbocycles. The van der Waals surface area contributed by atoms with Crippen LogP contribution in [0.3, 0.4) is 0 Å². The Hall–Kier alpha value is -4.82. The van der Waals surface area contributed by atoms with Crippen molar-refractivity contribution in [3.05, 3.63) is 128 Å². The van der Waals surface area contributed by atoms with E-state index in [2.05, 4.69) is 70.1 Å². The van der Waals surface area contributed by atoms with Crippen LogP contribution in [0.4, 0.5) is 0 Å². The average Bonchev–Trinajstić information content (AvgIpc) is 3.64. The molecule has 0 aliphatic heterocycles. The van der Waals surface area contributed by atoms with E-state index in [0.29, 0.717) is 17.1 Å². The molecule has 0 spiro atoms. The minimum atomic E-state index is -1.46. The summed E-state index contributed by atoms with van der Waals surface area (Å²) in [5.41, 5.74) is 6.48. The number of aromatic nitrogens is 6. The molecule has 4 heterocycles. The first kappa shape index (κ1) is 30.2. The van der Waals surface area contributed by atoms with Gasteiger partial charge in [0, 0.05) is 37.4 Å². The normalized spacial score (nSPS) is 11.3. The summed E-state index contributed by atoms with van der Waals surface area (Å²) in [4.78, 5) is 13.3. The van der Waals surface area contributed by atoms with E-state index >= 15 is 0 Å². The number of nitrogens with zero attached hydrogens (tertiary/aromatic N) is 6. The maximum Gasteiger partial charge on any atom is 0.197 e. The van der Waals surface area contributed by atoms with E-state index < -0.39 is 8.07 Å². The Morgan fingerprint density at radius 3 is 2.36 bits per heavy atom. The molecule has 4 aromatic heterocycles. The Morgan fingerprint density at radius 2 is 1.60 bits per heavy atom. The van der Waals surface area contributed by atoms with Crippen LogP contribution in [-0.4, -0.2) is 37.8 Å². The molecule has 8 rings (SSSR count). The molecule has 8 aromatic rings. The Bertz CT molecular complexity index is 2170. The summed E-state index contributed by atoms with van der Waals surface area (Å²) in [6, 6.07) is 40.7. The summed E-state index contributed by atoms with van der Waals surface area (Å²) in [5, 5.41) is 11.8. The van der Waals surface area contributed by atoms with Crippen LogP contribution in [0, 0.1) is 12.1 Å². The second-order valence-corrected chi connectivity index (χ2v) is 16.4. The molecule has 223 valence electrons. The van der Waals surface area contributed by atoms with E-state index in [1.54, 1.807) is 6.20 Å². The summed E-state index contributed by atoms with van der Waals surface area (Å²) >= 11 is 0. The number of para-hydroxylation sites is 1. The van der Waals surface area contributed by atoms with Crippen LogP contribution in [0.15, 0.2) is 120 Å². The number of hydrogen-bond donors (Lipinski definition) is 0. The second kappa shape index (κ2) is 12.7. The van der Waals surface area contributed by atoms with Crippen LogP contribution in [0.25, 0.3) is 61.6 Å². The van der Waals surface area contributed by atoms with E-state index in [1.807, 2.05) is 89.5 Å². The number of rotatable bonds is 4. The first-order valence-corrected chi connectivity index (χ1v) is 17.8. The minimum Gasteiger partial charge on any atom is -0.501 e. The number of pyridine rings is 1. The number of fused-ring (bicyclic) bond motifs is 4. The molecule has 0 amide bonds. The van der Waals surface area contributed by atoms with E-state index in [1.165, 1.54) is 11.5 Å². The van der Waals surface area contributed by atoms with Crippen LogP contribution in [0.5, 0.6) is 0 Å². The van der Waals surface area contributed by atoms with Crippen molar-refractivity contribution in [3.8, 4) is 28.3 Å². The van der Waals surface area contributed by atoms with Gasteiger partial charge in [0.15, 0.2) is 11.3 Å². The summed E-state index contributed by atoms with van der Waals surface area (Å²) in [5.74, 6) is 0.675. The average molecular weight is 781 g/mol. The Balaban J connectivity index is 0.000000231. The van der Waals surface area contributed by atoms with Gasteiger partial charge in [-0.1, -0.05) is 78.2 Å². The third kappa shape index (κ3) is 5.98. The molecule has 1 radical (unpaired) electrons. The quantitative estimate of drug-likeness (QED) is 0.135. The molecule has 0 N–H and O–H groups in total. The third-order valence-electron chi connectivity index (χ3n) is 7.41. The topological polar surface area (TPSA) is 82.5 Å². The molecule has 0 unspecified atom stereocenters. The maximum atomic E-state index is 6.44. The van der Waals surface area contributed by atoms with Crippen LogP contribution in [-0.2, 0) is 20.1 Å². The van der Waals surface area contributed by atoms with E-state index in [0.717, 1.165) is 44.4 Å². The first-order chi connectivity index (χ1) is 21.5. The molecule has 0 saturated heterocycles. The summed E-state index contributed by atoms with van der Waals surface area (Å²) < 4.78 is 8.40. The summed E-state index contributed by atoms with van der Waals surface area (Å²) in [6.07, 6.45) is 3.20. The molecule has 0 aliphatic rings. The van der Waals surface area contributed by atoms with Gasteiger partial charge >= 0.3 is 0 Å². The molecule has 7 nitrogen and oxygen atoms in total. The second-order valence-electron chi connectivity index (χ2n) is 11.4. The van der Waals surface area contributed by atoms with Gasteiger partial charge in [-0.3, -0.25) is 4.98 Å². The van der Waals surface area contributed by atoms with Gasteiger partial charge in [0.25, 0.3) is 0 Å². The Labute approximate surface area is 275 Å². The number of furan rings is 1. The first-order valence-electron chi connectivity index (χ1n) is 14.3. The van der Waals surface area contributed by atoms with Gasteiger partial charge in [0.05, 0.1) is 19.5 Å². The molecule has 0 atom stereocenters. The smallest absolute Gasteiger partial charge is 0.197 e. The minimum absolute atomic E-state index is 0. The summed E-state index contributed by atoms with van der Waals surface area (Å²) in [7, 11) is -1.46. The fourth-order valence-electron chi connectivity index (χ4n) is 5.18. The fraction of sp³-hybridized carbons (Fsp3) is 0.0833. The van der Waals surface area contributed by atoms with Crippen molar-refractivity contribution in [2.45, 2.75) is 19.6 Å². The van der Waals surface area contributed by atoms with Crippen molar-refractivity contribution in [1.82, 2.24) is 29.7 Å². The van der Waals surface area contributed by atoms with E-state index in [4.69, 9.17) is 9.40 Å². The van der Waals surface area contributed by atoms with Crippen LogP contribution in [0.1, 0.15) is 0 Å². The molecule has 9 heteroatoms. The van der Waals surface area contributed by atoms with Gasteiger partial charge < -0.3 is 14.0 Å². The van der Waals surface area contributed by atoms with E-state index in [9.17, 15) is 0 Å². The summed E-state index contributed by atoms with van der Waals surface area (Å²) in [6.45, 7) is 7.02. The Morgan fingerprint density at radius 1 is 0.778 bits per heavy atom. The molecular formula is C36H28IrN6OSi-2. The molecular weight excluding hydrogens is 753 g/mol. The molecule has 0 saturated carbocycles. The van der Waals surface area contributed by atoms with E-state index in [-0.39, 0.29) is 20.1 Å².